The lowest BCUT2D eigenvalue weighted by Gasteiger charge is -2.19. The molecular formula is C18H11N3O2S. The molecule has 0 saturated carbocycles. The Hall–Kier alpha value is -3.04. The minimum atomic E-state index is -1.04. The van der Waals surface area contributed by atoms with Crippen molar-refractivity contribution < 1.29 is 9.90 Å². The van der Waals surface area contributed by atoms with Crippen LogP contribution in [0.1, 0.15) is 21.6 Å². The number of rotatable bonds is 2. The van der Waals surface area contributed by atoms with Crippen molar-refractivity contribution >= 4 is 17.7 Å². The fourth-order valence-corrected chi connectivity index (χ4v) is 4.05. The van der Waals surface area contributed by atoms with Gasteiger partial charge in [-0.1, -0.05) is 30.3 Å². The van der Waals surface area contributed by atoms with Gasteiger partial charge in [-0.15, -0.1) is 11.8 Å². The van der Waals surface area contributed by atoms with E-state index in [0.29, 0.717) is 16.9 Å². The normalized spacial score (nSPS) is 12.1. The maximum atomic E-state index is 11.6. The van der Waals surface area contributed by atoms with E-state index in [2.05, 4.69) is 11.2 Å². The number of hydrogen-bond donors (Lipinski definition) is 1. The highest BCUT2D eigenvalue weighted by Gasteiger charge is 2.30. The standard InChI is InChI=1S/C18H11N3O2S/c19-9-11-5-4-8-13-16-14(10-24-17(11)13)15(18(22)23)20-21(16)12-6-2-1-3-7-12/h1-8H,10H2,(H,22,23). The van der Waals surface area contributed by atoms with Gasteiger partial charge in [0.2, 0.25) is 0 Å². The van der Waals surface area contributed by atoms with E-state index in [1.807, 2.05) is 42.5 Å². The summed E-state index contributed by atoms with van der Waals surface area (Å²) in [5.74, 6) is -0.559. The van der Waals surface area contributed by atoms with Crippen molar-refractivity contribution in [2.45, 2.75) is 10.6 Å². The molecule has 0 bridgehead atoms. The maximum Gasteiger partial charge on any atom is 0.356 e. The quantitative estimate of drug-likeness (QED) is 0.773. The van der Waals surface area contributed by atoms with Gasteiger partial charge in [0.05, 0.1) is 16.9 Å². The molecule has 0 radical (unpaired) electrons. The SMILES string of the molecule is N#Cc1cccc2c1SCc1c(C(=O)O)nn(-c3ccccc3)c1-2. The van der Waals surface area contributed by atoms with Crippen molar-refractivity contribution in [2.24, 2.45) is 0 Å². The van der Waals surface area contributed by atoms with Crippen LogP contribution in [-0.2, 0) is 5.75 Å². The van der Waals surface area contributed by atoms with Gasteiger partial charge < -0.3 is 5.11 Å². The topological polar surface area (TPSA) is 78.9 Å². The van der Waals surface area contributed by atoms with Crippen LogP contribution < -0.4 is 0 Å². The summed E-state index contributed by atoms with van der Waals surface area (Å²) in [4.78, 5) is 12.5. The molecule has 116 valence electrons. The minimum Gasteiger partial charge on any atom is -0.476 e. The summed E-state index contributed by atoms with van der Waals surface area (Å²) in [6.45, 7) is 0. The summed E-state index contributed by atoms with van der Waals surface area (Å²) in [6.07, 6.45) is 0. The van der Waals surface area contributed by atoms with Crippen molar-refractivity contribution in [3.8, 4) is 23.0 Å². The average molecular weight is 333 g/mol. The minimum absolute atomic E-state index is 0.0642. The molecule has 1 N–H and O–H groups in total. The monoisotopic (exact) mass is 333 g/mol. The van der Waals surface area contributed by atoms with Gasteiger partial charge in [-0.05, 0) is 18.2 Å². The number of carbonyl (C=O) groups is 1. The molecule has 24 heavy (non-hydrogen) atoms. The summed E-state index contributed by atoms with van der Waals surface area (Å²) in [7, 11) is 0. The Morgan fingerprint density at radius 1 is 1.21 bits per heavy atom. The van der Waals surface area contributed by atoms with Gasteiger partial charge in [0.1, 0.15) is 6.07 Å². The van der Waals surface area contributed by atoms with E-state index in [0.717, 1.165) is 21.8 Å². The second-order valence-electron chi connectivity index (χ2n) is 5.31. The molecule has 0 unspecified atom stereocenters. The highest BCUT2D eigenvalue weighted by atomic mass is 32.2. The molecule has 2 heterocycles. The number of para-hydroxylation sites is 1. The number of benzene rings is 2. The van der Waals surface area contributed by atoms with E-state index < -0.39 is 5.97 Å². The summed E-state index contributed by atoms with van der Waals surface area (Å²) >= 11 is 1.48. The Labute approximate surface area is 142 Å². The van der Waals surface area contributed by atoms with E-state index in [1.54, 1.807) is 10.7 Å². The summed E-state index contributed by atoms with van der Waals surface area (Å²) in [5, 5.41) is 23.2. The van der Waals surface area contributed by atoms with Gasteiger partial charge in [0.25, 0.3) is 0 Å². The smallest absolute Gasteiger partial charge is 0.356 e. The van der Waals surface area contributed by atoms with Crippen molar-refractivity contribution in [2.75, 3.05) is 0 Å². The largest absolute Gasteiger partial charge is 0.476 e. The average Bonchev–Trinajstić information content (AvgIpc) is 3.02. The van der Waals surface area contributed by atoms with Crippen LogP contribution in [0.4, 0.5) is 0 Å². The van der Waals surface area contributed by atoms with Crippen LogP contribution in [0.15, 0.2) is 53.4 Å². The van der Waals surface area contributed by atoms with Crippen LogP contribution >= 0.6 is 11.8 Å². The lowest BCUT2D eigenvalue weighted by atomic mass is 10.0. The van der Waals surface area contributed by atoms with Crippen molar-refractivity contribution in [3.05, 3.63) is 65.4 Å². The molecule has 0 amide bonds. The van der Waals surface area contributed by atoms with Crippen LogP contribution in [0.2, 0.25) is 0 Å². The Morgan fingerprint density at radius 2 is 2.00 bits per heavy atom. The molecule has 1 aromatic heterocycles. The molecule has 0 spiro atoms. The summed E-state index contributed by atoms with van der Waals surface area (Å²) in [6, 6.07) is 17.1. The van der Waals surface area contributed by atoms with Crippen LogP contribution in [0.3, 0.4) is 0 Å². The molecule has 4 rings (SSSR count). The Bertz CT molecular complexity index is 1000. The molecule has 0 saturated heterocycles. The van der Waals surface area contributed by atoms with Crippen molar-refractivity contribution in [1.29, 1.82) is 5.26 Å². The predicted octanol–water partition coefficient (Wildman–Crippen LogP) is 3.71. The number of carboxylic acids is 1. The summed E-state index contributed by atoms with van der Waals surface area (Å²) < 4.78 is 1.67. The fourth-order valence-electron chi connectivity index (χ4n) is 2.90. The van der Waals surface area contributed by atoms with Crippen molar-refractivity contribution in [3.63, 3.8) is 0 Å². The Kier molecular flexibility index (Phi) is 3.36. The molecule has 2 aromatic carbocycles. The number of carboxylic acid groups (broad SMARTS) is 1. The third-order valence-corrected chi connectivity index (χ3v) is 5.10. The molecule has 0 aliphatic carbocycles. The number of hydrogen-bond acceptors (Lipinski definition) is 4. The molecule has 6 heteroatoms. The Balaban J connectivity index is 2.06. The van der Waals surface area contributed by atoms with Gasteiger partial charge in [-0.3, -0.25) is 0 Å². The molecule has 5 nitrogen and oxygen atoms in total. The highest BCUT2D eigenvalue weighted by Crippen LogP contribution is 2.45. The molecular weight excluding hydrogens is 322 g/mol. The second kappa shape index (κ2) is 5.55. The lowest BCUT2D eigenvalue weighted by Crippen LogP contribution is -2.04. The highest BCUT2D eigenvalue weighted by molar-refractivity contribution is 7.98. The van der Waals surface area contributed by atoms with Gasteiger partial charge in [-0.25, -0.2) is 9.48 Å². The third kappa shape index (κ3) is 2.10. The van der Waals surface area contributed by atoms with Gasteiger partial charge in [0.15, 0.2) is 5.69 Å². The first-order valence-corrected chi connectivity index (χ1v) is 8.26. The Morgan fingerprint density at radius 3 is 2.71 bits per heavy atom. The molecule has 3 aromatic rings. The van der Waals surface area contributed by atoms with Gasteiger partial charge in [-0.2, -0.15) is 10.4 Å². The lowest BCUT2D eigenvalue weighted by molar-refractivity contribution is 0.0689. The first kappa shape index (κ1) is 14.5. The van der Waals surface area contributed by atoms with E-state index in [1.165, 1.54) is 11.8 Å². The van der Waals surface area contributed by atoms with Gasteiger partial charge >= 0.3 is 5.97 Å². The first-order valence-electron chi connectivity index (χ1n) is 7.27. The number of aromatic carboxylic acids is 1. The van der Waals surface area contributed by atoms with Crippen LogP contribution in [0.5, 0.6) is 0 Å². The zero-order valence-corrected chi connectivity index (χ0v) is 13.2. The fraction of sp³-hybridized carbons (Fsp3) is 0.0556. The van der Waals surface area contributed by atoms with Crippen LogP contribution in [-0.4, -0.2) is 20.9 Å². The third-order valence-electron chi connectivity index (χ3n) is 3.94. The molecule has 0 atom stereocenters. The molecule has 1 aliphatic heterocycles. The maximum absolute atomic E-state index is 11.6. The van der Waals surface area contributed by atoms with E-state index in [4.69, 9.17) is 0 Å². The molecule has 0 fully saturated rings. The number of fused-ring (bicyclic) bond motifs is 3. The summed E-state index contributed by atoms with van der Waals surface area (Å²) in [5.41, 5.74) is 3.75. The number of thioether (sulfide) groups is 1. The predicted molar refractivity (Wildman–Crippen MR) is 90.2 cm³/mol. The number of nitrogens with zero attached hydrogens (tertiary/aromatic N) is 3. The van der Waals surface area contributed by atoms with E-state index >= 15 is 0 Å². The van der Waals surface area contributed by atoms with E-state index in [-0.39, 0.29) is 5.69 Å². The second-order valence-corrected chi connectivity index (χ2v) is 6.30. The molecule has 1 aliphatic rings. The zero-order valence-electron chi connectivity index (χ0n) is 12.4. The number of nitriles is 1. The first-order chi connectivity index (χ1) is 11.7. The zero-order chi connectivity index (χ0) is 16.7. The van der Waals surface area contributed by atoms with Gasteiger partial charge in [0, 0.05) is 21.8 Å². The number of aromatic nitrogens is 2. The van der Waals surface area contributed by atoms with Crippen LogP contribution in [0, 0.1) is 11.3 Å². The van der Waals surface area contributed by atoms with Crippen molar-refractivity contribution in [1.82, 2.24) is 9.78 Å². The van der Waals surface area contributed by atoms with E-state index in [9.17, 15) is 15.2 Å². The van der Waals surface area contributed by atoms with Crippen LogP contribution in [0.25, 0.3) is 16.9 Å².